The highest BCUT2D eigenvalue weighted by molar-refractivity contribution is 5.92. The fraction of sp³-hybridized carbons (Fsp3) is 0.222. The highest BCUT2D eigenvalue weighted by Gasteiger charge is 1.98. The minimum Gasteiger partial charge on any atom is -0.370 e. The fourth-order valence-corrected chi connectivity index (χ4v) is 1.01. The third kappa shape index (κ3) is 2.74. The number of anilines is 1. The zero-order valence-electron chi connectivity index (χ0n) is 7.63. The molecule has 0 spiro atoms. The van der Waals surface area contributed by atoms with Crippen LogP contribution in [-0.2, 0) is 0 Å². The molecule has 0 fully saturated rings. The monoisotopic (exact) mass is 181 g/mol. The maximum atomic E-state index is 12.9. The van der Waals surface area contributed by atoms with E-state index in [-0.39, 0.29) is 11.8 Å². The third-order valence-corrected chi connectivity index (χ3v) is 1.56. The molecule has 1 rings (SSSR count). The lowest BCUT2D eigenvalue weighted by Crippen LogP contribution is -2.22. The molecule has 0 aliphatic carbocycles. The molecular weight excluding hydrogens is 169 g/mol. The Labute approximate surface area is 76.5 Å². The van der Waals surface area contributed by atoms with E-state index in [1.54, 1.807) is 13.1 Å². The van der Waals surface area contributed by atoms with Crippen LogP contribution in [0.25, 0.3) is 0 Å². The summed E-state index contributed by atoms with van der Waals surface area (Å²) < 4.78 is 12.9. The number of hydrogen-bond donors (Lipinski definition) is 2. The van der Waals surface area contributed by atoms with Gasteiger partial charge in [0.2, 0.25) is 0 Å². The topological polar surface area (TPSA) is 50.4 Å². The maximum Gasteiger partial charge on any atom is 0.192 e. The smallest absolute Gasteiger partial charge is 0.192 e. The van der Waals surface area contributed by atoms with Crippen LogP contribution in [0, 0.1) is 12.7 Å². The molecule has 70 valence electrons. The Morgan fingerprint density at radius 3 is 2.69 bits per heavy atom. The van der Waals surface area contributed by atoms with E-state index in [0.29, 0.717) is 5.69 Å². The van der Waals surface area contributed by atoms with Crippen LogP contribution < -0.4 is 11.1 Å². The standard InChI is InChI=1S/C9H12FN3/c1-6-3-7(10)5-8(4-6)13-9(11)12-2/h3-5H,1-2H3,(H3,11,12,13). The van der Waals surface area contributed by atoms with E-state index in [1.807, 2.05) is 6.92 Å². The predicted octanol–water partition coefficient (Wildman–Crippen LogP) is 1.49. The Morgan fingerprint density at radius 2 is 2.15 bits per heavy atom. The molecule has 3 N–H and O–H groups in total. The maximum absolute atomic E-state index is 12.9. The van der Waals surface area contributed by atoms with Crippen molar-refractivity contribution in [1.29, 1.82) is 0 Å². The quantitative estimate of drug-likeness (QED) is 0.509. The summed E-state index contributed by atoms with van der Waals surface area (Å²) >= 11 is 0. The molecule has 0 aromatic heterocycles. The summed E-state index contributed by atoms with van der Waals surface area (Å²) in [5.41, 5.74) is 6.87. The van der Waals surface area contributed by atoms with Crippen molar-refractivity contribution in [3.63, 3.8) is 0 Å². The molecule has 0 aliphatic heterocycles. The van der Waals surface area contributed by atoms with Crippen LogP contribution in [0.1, 0.15) is 5.56 Å². The first-order valence-electron chi connectivity index (χ1n) is 3.88. The van der Waals surface area contributed by atoms with Gasteiger partial charge in [-0.3, -0.25) is 4.99 Å². The van der Waals surface area contributed by atoms with Gasteiger partial charge in [0.25, 0.3) is 0 Å². The van der Waals surface area contributed by atoms with Crippen molar-refractivity contribution in [2.45, 2.75) is 6.92 Å². The van der Waals surface area contributed by atoms with E-state index in [0.717, 1.165) is 5.56 Å². The van der Waals surface area contributed by atoms with Gasteiger partial charge in [-0.15, -0.1) is 0 Å². The van der Waals surface area contributed by atoms with E-state index >= 15 is 0 Å². The van der Waals surface area contributed by atoms with Gasteiger partial charge in [-0.05, 0) is 30.7 Å². The van der Waals surface area contributed by atoms with E-state index in [4.69, 9.17) is 5.73 Å². The molecule has 0 unspecified atom stereocenters. The summed E-state index contributed by atoms with van der Waals surface area (Å²) in [6.07, 6.45) is 0. The molecule has 0 amide bonds. The van der Waals surface area contributed by atoms with Gasteiger partial charge < -0.3 is 11.1 Å². The first-order valence-corrected chi connectivity index (χ1v) is 3.88. The normalized spacial score (nSPS) is 11.5. The third-order valence-electron chi connectivity index (χ3n) is 1.56. The highest BCUT2D eigenvalue weighted by atomic mass is 19.1. The Balaban J connectivity index is 2.89. The largest absolute Gasteiger partial charge is 0.370 e. The van der Waals surface area contributed by atoms with Gasteiger partial charge in [0, 0.05) is 12.7 Å². The lowest BCUT2D eigenvalue weighted by atomic mass is 10.2. The number of hydrogen-bond acceptors (Lipinski definition) is 1. The first-order chi connectivity index (χ1) is 6.11. The summed E-state index contributed by atoms with van der Waals surface area (Å²) in [4.78, 5) is 3.70. The number of guanidine groups is 1. The van der Waals surface area contributed by atoms with Crippen LogP contribution in [0.5, 0.6) is 0 Å². The molecule has 1 aromatic rings. The van der Waals surface area contributed by atoms with Crippen molar-refractivity contribution in [3.8, 4) is 0 Å². The Morgan fingerprint density at radius 1 is 1.46 bits per heavy atom. The van der Waals surface area contributed by atoms with Crippen LogP contribution >= 0.6 is 0 Å². The van der Waals surface area contributed by atoms with E-state index in [9.17, 15) is 4.39 Å². The van der Waals surface area contributed by atoms with Crippen molar-refractivity contribution in [2.24, 2.45) is 10.7 Å². The molecule has 0 saturated carbocycles. The number of rotatable bonds is 1. The zero-order chi connectivity index (χ0) is 9.84. The molecule has 0 atom stereocenters. The van der Waals surface area contributed by atoms with Crippen LogP contribution in [0.2, 0.25) is 0 Å². The van der Waals surface area contributed by atoms with E-state index < -0.39 is 0 Å². The molecular formula is C9H12FN3. The lowest BCUT2D eigenvalue weighted by Gasteiger charge is -2.05. The van der Waals surface area contributed by atoms with Gasteiger partial charge in [-0.1, -0.05) is 0 Å². The van der Waals surface area contributed by atoms with Crippen molar-refractivity contribution < 1.29 is 4.39 Å². The first kappa shape index (κ1) is 9.51. The molecule has 1 aromatic carbocycles. The average Bonchev–Trinajstić information content (AvgIpc) is 2.02. The minimum absolute atomic E-state index is 0.269. The number of nitrogens with zero attached hydrogens (tertiary/aromatic N) is 1. The second-order valence-corrected chi connectivity index (χ2v) is 2.75. The summed E-state index contributed by atoms with van der Waals surface area (Å²) in [7, 11) is 1.56. The van der Waals surface area contributed by atoms with Crippen molar-refractivity contribution in [3.05, 3.63) is 29.6 Å². The van der Waals surface area contributed by atoms with Crippen molar-refractivity contribution >= 4 is 11.6 Å². The molecule has 0 heterocycles. The van der Waals surface area contributed by atoms with Gasteiger partial charge in [0.05, 0.1) is 0 Å². The van der Waals surface area contributed by atoms with Gasteiger partial charge in [0.15, 0.2) is 5.96 Å². The number of nitrogens with one attached hydrogen (secondary N) is 1. The molecule has 0 bridgehead atoms. The average molecular weight is 181 g/mol. The van der Waals surface area contributed by atoms with E-state index in [1.165, 1.54) is 12.1 Å². The second kappa shape index (κ2) is 3.89. The van der Waals surface area contributed by atoms with E-state index in [2.05, 4.69) is 10.3 Å². The Bertz CT molecular complexity index is 313. The molecule has 13 heavy (non-hydrogen) atoms. The minimum atomic E-state index is -0.286. The van der Waals surface area contributed by atoms with Crippen molar-refractivity contribution in [2.75, 3.05) is 12.4 Å². The van der Waals surface area contributed by atoms with Crippen molar-refractivity contribution in [1.82, 2.24) is 0 Å². The Hall–Kier alpha value is -1.58. The summed E-state index contributed by atoms with van der Waals surface area (Å²) in [5.74, 6) is -0.0172. The molecule has 0 aliphatic rings. The van der Waals surface area contributed by atoms with Crippen LogP contribution in [0.4, 0.5) is 10.1 Å². The van der Waals surface area contributed by atoms with Crippen LogP contribution in [0.3, 0.4) is 0 Å². The Kier molecular flexibility index (Phi) is 2.84. The van der Waals surface area contributed by atoms with Crippen LogP contribution in [0.15, 0.2) is 23.2 Å². The molecule has 0 saturated heterocycles. The summed E-state index contributed by atoms with van der Waals surface area (Å²) in [6, 6.07) is 4.61. The predicted molar refractivity (Wildman–Crippen MR) is 52.3 cm³/mol. The number of benzene rings is 1. The van der Waals surface area contributed by atoms with Gasteiger partial charge in [0.1, 0.15) is 5.82 Å². The van der Waals surface area contributed by atoms with Crippen LogP contribution in [-0.4, -0.2) is 13.0 Å². The molecule has 0 radical (unpaired) electrons. The number of aryl methyl sites for hydroxylation is 1. The lowest BCUT2D eigenvalue weighted by molar-refractivity contribution is 0.627. The van der Waals surface area contributed by atoms with Gasteiger partial charge >= 0.3 is 0 Å². The highest BCUT2D eigenvalue weighted by Crippen LogP contribution is 2.12. The summed E-state index contributed by atoms with van der Waals surface area (Å²) in [6.45, 7) is 1.81. The second-order valence-electron chi connectivity index (χ2n) is 2.75. The fourth-order valence-electron chi connectivity index (χ4n) is 1.01. The summed E-state index contributed by atoms with van der Waals surface area (Å²) in [5, 5.41) is 2.76. The number of halogens is 1. The van der Waals surface area contributed by atoms with Gasteiger partial charge in [-0.25, -0.2) is 4.39 Å². The molecule has 4 heteroatoms. The molecule has 3 nitrogen and oxygen atoms in total. The van der Waals surface area contributed by atoms with Gasteiger partial charge in [-0.2, -0.15) is 0 Å². The number of aliphatic imine (C=N–C) groups is 1. The SMILES string of the molecule is CN=C(N)Nc1cc(C)cc(F)c1. The number of nitrogens with two attached hydrogens (primary N) is 1. The zero-order valence-corrected chi connectivity index (χ0v) is 7.63.